The number of halogens is 1. The van der Waals surface area contributed by atoms with Gasteiger partial charge < -0.3 is 19.7 Å². The van der Waals surface area contributed by atoms with E-state index < -0.39 is 17.8 Å². The summed E-state index contributed by atoms with van der Waals surface area (Å²) in [7, 11) is 0. The lowest BCUT2D eigenvalue weighted by Gasteiger charge is -2.21. The van der Waals surface area contributed by atoms with Crippen molar-refractivity contribution in [3.8, 4) is 11.5 Å². The molecular weight excluding hydrogens is 604 g/mol. The van der Waals surface area contributed by atoms with E-state index in [0.717, 1.165) is 24.3 Å². The summed E-state index contributed by atoms with van der Waals surface area (Å²) in [4.78, 5) is 41.1. The summed E-state index contributed by atoms with van der Waals surface area (Å²) in [5, 5.41) is 7.07. The van der Waals surface area contributed by atoms with E-state index in [9.17, 15) is 14.4 Å². The molecule has 10 heteroatoms. The van der Waals surface area contributed by atoms with Crippen LogP contribution in [0.1, 0.15) is 52.6 Å². The second-order valence-electron chi connectivity index (χ2n) is 9.85. The first-order valence-electron chi connectivity index (χ1n) is 14.8. The topological polar surface area (TPSA) is 109 Å². The number of nitrogens with zero attached hydrogens (tertiary/aromatic N) is 2. The molecule has 0 aliphatic rings. The van der Waals surface area contributed by atoms with Crippen LogP contribution in [-0.4, -0.2) is 43.7 Å². The van der Waals surface area contributed by atoms with Gasteiger partial charge in [-0.3, -0.25) is 9.59 Å². The normalized spacial score (nSPS) is 11.2. The Morgan fingerprint density at radius 1 is 0.826 bits per heavy atom. The molecule has 0 saturated carbocycles. The molecule has 4 rings (SSSR count). The van der Waals surface area contributed by atoms with E-state index in [1.807, 2.05) is 24.3 Å². The molecule has 46 heavy (non-hydrogen) atoms. The summed E-state index contributed by atoms with van der Waals surface area (Å²) in [6.45, 7) is 8.03. The largest absolute Gasteiger partial charge is 0.490 e. The number of hydrogen-bond acceptors (Lipinski definition) is 7. The van der Waals surface area contributed by atoms with Crippen molar-refractivity contribution in [2.75, 3.05) is 24.6 Å². The van der Waals surface area contributed by atoms with E-state index in [-0.39, 0.29) is 22.0 Å². The Hall–Kier alpha value is -5.41. The van der Waals surface area contributed by atoms with Gasteiger partial charge in [0.2, 0.25) is 0 Å². The Bertz CT molecular complexity index is 1720. The molecule has 0 bridgehead atoms. The van der Waals surface area contributed by atoms with Gasteiger partial charge in [-0.2, -0.15) is 5.10 Å². The van der Waals surface area contributed by atoms with Crippen molar-refractivity contribution in [1.29, 1.82) is 0 Å². The smallest absolute Gasteiger partial charge is 0.345 e. The predicted octanol–water partition coefficient (Wildman–Crippen LogP) is 6.73. The summed E-state index contributed by atoms with van der Waals surface area (Å²) in [6.07, 6.45) is 3.00. The van der Waals surface area contributed by atoms with Crippen molar-refractivity contribution >= 4 is 47.4 Å². The Morgan fingerprint density at radius 2 is 1.50 bits per heavy atom. The van der Waals surface area contributed by atoms with Crippen LogP contribution in [0.25, 0.3) is 6.08 Å². The molecule has 0 atom stereocenters. The number of benzene rings is 4. The number of rotatable bonds is 13. The number of ether oxygens (including phenoxy) is 2. The van der Waals surface area contributed by atoms with Crippen molar-refractivity contribution in [1.82, 2.24) is 10.7 Å². The molecule has 2 N–H and O–H groups in total. The Morgan fingerprint density at radius 3 is 2.17 bits per heavy atom. The average Bonchev–Trinajstić information content (AvgIpc) is 3.07. The van der Waals surface area contributed by atoms with Gasteiger partial charge in [0.25, 0.3) is 11.8 Å². The van der Waals surface area contributed by atoms with Crippen LogP contribution < -0.4 is 25.1 Å². The first-order chi connectivity index (χ1) is 22.3. The fourth-order valence-corrected chi connectivity index (χ4v) is 4.66. The van der Waals surface area contributed by atoms with E-state index in [4.69, 9.17) is 21.1 Å². The molecule has 0 aliphatic carbocycles. The summed E-state index contributed by atoms with van der Waals surface area (Å²) in [5.74, 6) is -1.17. The zero-order valence-electron chi connectivity index (χ0n) is 25.8. The molecule has 0 spiro atoms. The van der Waals surface area contributed by atoms with Crippen molar-refractivity contribution in [2.45, 2.75) is 20.8 Å². The molecule has 0 fully saturated rings. The molecule has 4 aromatic carbocycles. The zero-order valence-corrected chi connectivity index (χ0v) is 26.6. The number of esters is 1. The lowest BCUT2D eigenvalue weighted by Crippen LogP contribution is -2.32. The van der Waals surface area contributed by atoms with E-state index in [0.29, 0.717) is 23.5 Å². The van der Waals surface area contributed by atoms with Crippen molar-refractivity contribution in [3.63, 3.8) is 0 Å². The van der Waals surface area contributed by atoms with Crippen LogP contribution in [0.5, 0.6) is 11.5 Å². The molecule has 0 saturated heterocycles. The lowest BCUT2D eigenvalue weighted by molar-refractivity contribution is -0.117. The number of nitrogens with one attached hydrogen (secondary N) is 2. The Labute approximate surface area is 273 Å². The second kappa shape index (κ2) is 16.6. The van der Waals surface area contributed by atoms with Crippen LogP contribution in [0.2, 0.25) is 5.02 Å². The molecule has 236 valence electrons. The van der Waals surface area contributed by atoms with Gasteiger partial charge in [-0.25, -0.2) is 10.2 Å². The molecule has 0 heterocycles. The van der Waals surface area contributed by atoms with Gasteiger partial charge in [0.15, 0.2) is 11.5 Å². The van der Waals surface area contributed by atoms with Gasteiger partial charge in [0.1, 0.15) is 5.70 Å². The maximum atomic E-state index is 13.3. The Balaban J connectivity index is 1.52. The van der Waals surface area contributed by atoms with Gasteiger partial charge in [0, 0.05) is 24.3 Å². The molecular formula is C36H35ClN4O5. The predicted molar refractivity (Wildman–Crippen MR) is 182 cm³/mol. The molecule has 0 aliphatic heterocycles. The number of hydrogen-bond donors (Lipinski definition) is 2. The maximum absolute atomic E-state index is 13.3. The lowest BCUT2D eigenvalue weighted by atomic mass is 10.1. The number of anilines is 1. The standard InChI is InChI=1S/C36H35ClN4O5/c1-4-41(5-2)28-19-16-25(17-20-28)22-31(39-34(42)27-12-8-7-9-13-27)35(43)40-38-24-26-18-21-32(33(23-26)45-6-3)46-36(44)29-14-10-11-15-30(29)37/h7-24H,4-6H2,1-3H3,(H,39,42)(H,40,43)/b31-22+,38-24-. The highest BCUT2D eigenvalue weighted by molar-refractivity contribution is 6.33. The minimum atomic E-state index is -0.625. The molecule has 0 aromatic heterocycles. The summed E-state index contributed by atoms with van der Waals surface area (Å²) in [6, 6.07) is 27.7. The van der Waals surface area contributed by atoms with Crippen LogP contribution in [0, 0.1) is 0 Å². The van der Waals surface area contributed by atoms with Crippen LogP contribution >= 0.6 is 11.6 Å². The van der Waals surface area contributed by atoms with Crippen LogP contribution in [-0.2, 0) is 4.79 Å². The number of carbonyl (C=O) groups is 3. The summed E-state index contributed by atoms with van der Waals surface area (Å²) >= 11 is 6.14. The fourth-order valence-electron chi connectivity index (χ4n) is 4.44. The molecule has 2 amide bonds. The fraction of sp³-hybridized carbons (Fsp3) is 0.167. The van der Waals surface area contributed by atoms with Crippen molar-refractivity contribution in [3.05, 3.63) is 130 Å². The van der Waals surface area contributed by atoms with Gasteiger partial charge in [-0.05, 0) is 92.6 Å². The first kappa shape index (κ1) is 33.5. The quantitative estimate of drug-likeness (QED) is 0.0553. The van der Waals surface area contributed by atoms with Crippen molar-refractivity contribution < 1.29 is 23.9 Å². The number of amides is 2. The van der Waals surface area contributed by atoms with Gasteiger partial charge in [-0.1, -0.05) is 54.1 Å². The van der Waals surface area contributed by atoms with Gasteiger partial charge >= 0.3 is 5.97 Å². The van der Waals surface area contributed by atoms with Crippen molar-refractivity contribution in [2.24, 2.45) is 5.10 Å². The van der Waals surface area contributed by atoms with Crippen LogP contribution in [0.15, 0.2) is 108 Å². The van der Waals surface area contributed by atoms with Gasteiger partial charge in [0.05, 0.1) is 23.4 Å². The monoisotopic (exact) mass is 638 g/mol. The number of hydrazone groups is 1. The summed E-state index contributed by atoms with van der Waals surface area (Å²) in [5.41, 5.74) is 5.46. The molecule has 9 nitrogen and oxygen atoms in total. The third kappa shape index (κ3) is 9.06. The summed E-state index contributed by atoms with van der Waals surface area (Å²) < 4.78 is 11.2. The van der Waals surface area contributed by atoms with E-state index in [2.05, 4.69) is 34.6 Å². The molecule has 4 aromatic rings. The average molecular weight is 639 g/mol. The zero-order chi connectivity index (χ0) is 32.9. The SMILES string of the molecule is CCOc1cc(/C=N\NC(=O)/C(=C\c2ccc(N(CC)CC)cc2)NC(=O)c2ccccc2)ccc1OC(=O)c1ccccc1Cl. The Kier molecular flexibility index (Phi) is 12.1. The van der Waals surface area contributed by atoms with E-state index >= 15 is 0 Å². The van der Waals surface area contributed by atoms with E-state index in [1.54, 1.807) is 85.8 Å². The van der Waals surface area contributed by atoms with E-state index in [1.165, 1.54) is 6.21 Å². The third-order valence-electron chi connectivity index (χ3n) is 6.81. The van der Waals surface area contributed by atoms with Gasteiger partial charge in [-0.15, -0.1) is 0 Å². The first-order valence-corrected chi connectivity index (χ1v) is 15.2. The minimum Gasteiger partial charge on any atom is -0.490 e. The minimum absolute atomic E-state index is 0.0124. The highest BCUT2D eigenvalue weighted by atomic mass is 35.5. The molecule has 0 unspecified atom stereocenters. The molecule has 0 radical (unpaired) electrons. The highest BCUT2D eigenvalue weighted by Crippen LogP contribution is 2.29. The maximum Gasteiger partial charge on any atom is 0.345 e. The number of carbonyl (C=O) groups excluding carboxylic acids is 3. The highest BCUT2D eigenvalue weighted by Gasteiger charge is 2.17. The van der Waals surface area contributed by atoms with Crippen LogP contribution in [0.4, 0.5) is 5.69 Å². The second-order valence-corrected chi connectivity index (χ2v) is 10.3. The third-order valence-corrected chi connectivity index (χ3v) is 7.13. The van der Waals surface area contributed by atoms with Crippen LogP contribution in [0.3, 0.4) is 0 Å².